The van der Waals surface area contributed by atoms with Crippen molar-refractivity contribution in [3.63, 3.8) is 0 Å². The fourth-order valence-corrected chi connectivity index (χ4v) is 4.92. The number of ether oxygens (including phenoxy) is 1. The predicted molar refractivity (Wildman–Crippen MR) is 125 cm³/mol. The highest BCUT2D eigenvalue weighted by Gasteiger charge is 2.29. The molecule has 0 bridgehead atoms. The summed E-state index contributed by atoms with van der Waals surface area (Å²) in [5.74, 6) is 0.982. The Labute approximate surface area is 191 Å². The van der Waals surface area contributed by atoms with Crippen molar-refractivity contribution in [1.29, 1.82) is 0 Å². The Morgan fingerprint density at radius 2 is 1.71 bits per heavy atom. The maximum absolute atomic E-state index is 12.8. The number of carbonyl (C=O) groups is 2. The molecule has 1 aromatic rings. The van der Waals surface area contributed by atoms with Crippen LogP contribution in [0.15, 0.2) is 24.3 Å². The van der Waals surface area contributed by atoms with Gasteiger partial charge in [-0.1, -0.05) is 23.7 Å². The van der Waals surface area contributed by atoms with E-state index in [1.807, 2.05) is 39.0 Å². The summed E-state index contributed by atoms with van der Waals surface area (Å²) in [5.41, 5.74) is 0.400. The number of likely N-dealkylation sites (tertiary alicyclic amines) is 1. The molecule has 5 nitrogen and oxygen atoms in total. The maximum Gasteiger partial charge on any atom is 0.407 e. The number of ketones is 1. The van der Waals surface area contributed by atoms with E-state index < -0.39 is 0 Å². The molecule has 3 rings (SSSR count). The molecular weight excluding hydrogens is 412 g/mol. The van der Waals surface area contributed by atoms with E-state index in [-0.39, 0.29) is 29.4 Å². The van der Waals surface area contributed by atoms with Gasteiger partial charge in [0.15, 0.2) is 5.78 Å². The summed E-state index contributed by atoms with van der Waals surface area (Å²) >= 11 is 6.21. The minimum absolute atomic E-state index is 0.0465. The zero-order valence-corrected chi connectivity index (χ0v) is 19.9. The van der Waals surface area contributed by atoms with Crippen molar-refractivity contribution in [3.8, 4) is 0 Å². The average molecular weight is 449 g/mol. The van der Waals surface area contributed by atoms with Crippen LogP contribution in [-0.4, -0.2) is 48.1 Å². The second kappa shape index (κ2) is 10.8. The van der Waals surface area contributed by atoms with Gasteiger partial charge in [0.2, 0.25) is 0 Å². The van der Waals surface area contributed by atoms with Crippen LogP contribution < -0.4 is 5.32 Å². The van der Waals surface area contributed by atoms with Gasteiger partial charge in [-0.25, -0.2) is 4.79 Å². The van der Waals surface area contributed by atoms with Crippen LogP contribution in [0.4, 0.5) is 4.79 Å². The van der Waals surface area contributed by atoms with Crippen LogP contribution in [0, 0.1) is 11.8 Å². The SMILES string of the molecule is CC(C)(C)NC(=O)OC1CCC(CCN2CCC(C(=O)c3ccccc3Cl)CC2)CC1. The van der Waals surface area contributed by atoms with Gasteiger partial charge >= 0.3 is 6.09 Å². The summed E-state index contributed by atoms with van der Waals surface area (Å²) in [7, 11) is 0. The van der Waals surface area contributed by atoms with Crippen LogP contribution in [0.5, 0.6) is 0 Å². The summed E-state index contributed by atoms with van der Waals surface area (Å²) in [6.45, 7) is 8.92. The molecule has 1 N–H and O–H groups in total. The van der Waals surface area contributed by atoms with Crippen LogP contribution >= 0.6 is 11.6 Å². The monoisotopic (exact) mass is 448 g/mol. The molecule has 1 aliphatic heterocycles. The Morgan fingerprint density at radius 3 is 2.32 bits per heavy atom. The maximum atomic E-state index is 12.8. The molecule has 2 aliphatic rings. The molecule has 0 atom stereocenters. The first-order valence-corrected chi connectivity index (χ1v) is 12.1. The molecule has 0 radical (unpaired) electrons. The molecule has 6 heteroatoms. The summed E-state index contributed by atoms with van der Waals surface area (Å²) < 4.78 is 5.59. The van der Waals surface area contributed by atoms with E-state index in [1.165, 1.54) is 6.42 Å². The molecule has 1 saturated heterocycles. The molecule has 0 aromatic heterocycles. The Morgan fingerprint density at radius 1 is 1.06 bits per heavy atom. The first kappa shape index (κ1) is 24.1. The van der Waals surface area contributed by atoms with Crippen molar-refractivity contribution in [2.24, 2.45) is 11.8 Å². The number of alkyl carbamates (subject to hydrolysis) is 1. The highest BCUT2D eigenvalue weighted by molar-refractivity contribution is 6.34. The molecule has 0 unspecified atom stereocenters. The predicted octanol–water partition coefficient (Wildman–Crippen LogP) is 5.71. The lowest BCUT2D eigenvalue weighted by atomic mass is 9.84. The number of hydrogen-bond donors (Lipinski definition) is 1. The molecule has 31 heavy (non-hydrogen) atoms. The van der Waals surface area contributed by atoms with Crippen molar-refractivity contribution in [2.75, 3.05) is 19.6 Å². The number of carbonyl (C=O) groups excluding carboxylic acids is 2. The largest absolute Gasteiger partial charge is 0.446 e. The molecule has 1 saturated carbocycles. The van der Waals surface area contributed by atoms with Gasteiger partial charge in [-0.2, -0.15) is 0 Å². The Hall–Kier alpha value is -1.59. The number of benzene rings is 1. The van der Waals surface area contributed by atoms with Crippen LogP contribution in [0.2, 0.25) is 5.02 Å². The van der Waals surface area contributed by atoms with E-state index in [1.54, 1.807) is 6.07 Å². The van der Waals surface area contributed by atoms with Crippen molar-refractivity contribution in [1.82, 2.24) is 10.2 Å². The van der Waals surface area contributed by atoms with Crippen molar-refractivity contribution < 1.29 is 14.3 Å². The third-order valence-electron chi connectivity index (χ3n) is 6.50. The lowest BCUT2D eigenvalue weighted by molar-refractivity contribution is 0.0565. The van der Waals surface area contributed by atoms with E-state index in [0.717, 1.165) is 58.2 Å². The van der Waals surface area contributed by atoms with Gasteiger partial charge in [-0.05, 0) is 103 Å². The zero-order chi connectivity index (χ0) is 22.4. The van der Waals surface area contributed by atoms with Crippen LogP contribution in [0.1, 0.15) is 76.1 Å². The number of nitrogens with zero attached hydrogens (tertiary/aromatic N) is 1. The fraction of sp³-hybridized carbons (Fsp3) is 0.680. The summed E-state index contributed by atoms with van der Waals surface area (Å²) in [6, 6.07) is 7.37. The fourth-order valence-electron chi connectivity index (χ4n) is 4.69. The quantitative estimate of drug-likeness (QED) is 0.566. The number of amides is 1. The smallest absolute Gasteiger partial charge is 0.407 e. The molecule has 0 spiro atoms. The van der Waals surface area contributed by atoms with Crippen molar-refractivity contribution in [3.05, 3.63) is 34.9 Å². The standard InChI is InChI=1S/C25H37ClN2O3/c1-25(2,3)27-24(30)31-20-10-8-18(9-11-20)12-15-28-16-13-19(14-17-28)23(29)21-6-4-5-7-22(21)26/h4-7,18-20H,8-17H2,1-3H3,(H,27,30). The Bertz CT molecular complexity index is 745. The highest BCUT2D eigenvalue weighted by Crippen LogP contribution is 2.30. The Kier molecular flexibility index (Phi) is 8.40. The first-order chi connectivity index (χ1) is 14.7. The summed E-state index contributed by atoms with van der Waals surface area (Å²) in [5, 5.41) is 3.43. The first-order valence-electron chi connectivity index (χ1n) is 11.7. The van der Waals surface area contributed by atoms with Gasteiger partial charge in [0, 0.05) is 17.0 Å². The number of hydrogen-bond acceptors (Lipinski definition) is 4. The molecule has 1 aromatic carbocycles. The summed E-state index contributed by atoms with van der Waals surface area (Å²) in [4.78, 5) is 27.2. The number of nitrogens with one attached hydrogen (secondary N) is 1. The van der Waals surface area contributed by atoms with Crippen LogP contribution in [0.25, 0.3) is 0 Å². The van der Waals surface area contributed by atoms with Crippen molar-refractivity contribution >= 4 is 23.5 Å². The van der Waals surface area contributed by atoms with E-state index in [9.17, 15) is 9.59 Å². The lowest BCUT2D eigenvalue weighted by Crippen LogP contribution is -2.42. The molecule has 1 amide bonds. The topological polar surface area (TPSA) is 58.6 Å². The van der Waals surface area contributed by atoms with Crippen molar-refractivity contribution in [2.45, 2.75) is 77.4 Å². The van der Waals surface area contributed by atoms with Gasteiger partial charge in [-0.15, -0.1) is 0 Å². The van der Waals surface area contributed by atoms with Gasteiger partial charge in [0.05, 0.1) is 5.02 Å². The average Bonchev–Trinajstić information content (AvgIpc) is 2.72. The van der Waals surface area contributed by atoms with Crippen LogP contribution in [0.3, 0.4) is 0 Å². The minimum Gasteiger partial charge on any atom is -0.446 e. The number of rotatable bonds is 6. The van der Waals surface area contributed by atoms with E-state index in [4.69, 9.17) is 16.3 Å². The Balaban J connectivity index is 1.33. The lowest BCUT2D eigenvalue weighted by Gasteiger charge is -2.34. The van der Waals surface area contributed by atoms with E-state index >= 15 is 0 Å². The minimum atomic E-state index is -0.301. The number of piperidine rings is 1. The second-order valence-corrected chi connectivity index (χ2v) is 10.6. The van der Waals surface area contributed by atoms with Gasteiger partial charge in [0.25, 0.3) is 0 Å². The number of Topliss-reactive ketones (excluding diaryl/α,β-unsaturated/α-hetero) is 1. The molecule has 2 fully saturated rings. The molecule has 172 valence electrons. The molecule has 1 aliphatic carbocycles. The van der Waals surface area contributed by atoms with E-state index in [0.29, 0.717) is 16.5 Å². The highest BCUT2D eigenvalue weighted by atomic mass is 35.5. The second-order valence-electron chi connectivity index (χ2n) is 10.2. The number of halogens is 1. The van der Waals surface area contributed by atoms with E-state index in [2.05, 4.69) is 10.2 Å². The van der Waals surface area contributed by atoms with Gasteiger partial charge in [0.1, 0.15) is 6.10 Å². The zero-order valence-electron chi connectivity index (χ0n) is 19.2. The molecular formula is C25H37ClN2O3. The normalized spacial score (nSPS) is 23.4. The van der Waals surface area contributed by atoms with Crippen LogP contribution in [-0.2, 0) is 4.74 Å². The molecule has 1 heterocycles. The van der Waals surface area contributed by atoms with Gasteiger partial charge in [-0.3, -0.25) is 4.79 Å². The van der Waals surface area contributed by atoms with Gasteiger partial charge < -0.3 is 15.0 Å². The third-order valence-corrected chi connectivity index (χ3v) is 6.83. The third kappa shape index (κ3) is 7.50. The summed E-state index contributed by atoms with van der Waals surface area (Å²) in [6.07, 6.45) is 6.90.